The van der Waals surface area contributed by atoms with Gasteiger partial charge in [0, 0.05) is 22.2 Å². The van der Waals surface area contributed by atoms with Gasteiger partial charge >= 0.3 is 0 Å². The van der Waals surface area contributed by atoms with Crippen LogP contribution in [0.2, 0.25) is 0 Å². The molecular weight excluding hydrogens is 801 g/mol. The molecule has 6 aromatic rings. The lowest BCUT2D eigenvalue weighted by atomic mass is 9.70. The van der Waals surface area contributed by atoms with Gasteiger partial charge in [0.2, 0.25) is 0 Å². The summed E-state index contributed by atoms with van der Waals surface area (Å²) in [7, 11) is 0. The third-order valence-corrected chi connectivity index (χ3v) is 13.1. The van der Waals surface area contributed by atoms with Crippen LogP contribution >= 0.6 is 0 Å². The van der Waals surface area contributed by atoms with E-state index in [4.69, 9.17) is 9.97 Å². The molecule has 2 aliphatic rings. The van der Waals surface area contributed by atoms with Crippen LogP contribution in [0.1, 0.15) is 181 Å². The van der Waals surface area contributed by atoms with E-state index >= 15 is 0 Å². The molecule has 3 aromatic carbocycles. The third-order valence-electron chi connectivity index (χ3n) is 13.1. The Morgan fingerprint density at radius 1 is 0.364 bits per heavy atom. The van der Waals surface area contributed by atoms with E-state index in [9.17, 15) is 0 Å². The SMILES string of the molecule is CC(C)(C)c1cccc(-c2c(-c3cccc(C(C)(C)C)c3C(C)(C)C)c3cc4nc(cc5ccc(cc6nc(cc2n3-c2cccc(C(C)(C)C)c2C(C)(C)C)C=C6)[nH]5)C=C4)c1C(C)(C)C. The highest BCUT2D eigenvalue weighted by molar-refractivity contribution is 6.07. The predicted octanol–water partition coefficient (Wildman–Crippen LogP) is 17.2. The summed E-state index contributed by atoms with van der Waals surface area (Å²) >= 11 is 0. The first-order chi connectivity index (χ1) is 30.5. The number of rotatable bonds is 3. The molecule has 0 saturated heterocycles. The number of hydrogen-bond donors (Lipinski definition) is 1. The molecule has 0 saturated carbocycles. The minimum atomic E-state index is -0.212. The zero-order valence-electron chi connectivity index (χ0n) is 43.3. The molecule has 1 N–H and O–H groups in total. The Kier molecular flexibility index (Phi) is 11.3. The summed E-state index contributed by atoms with van der Waals surface area (Å²) in [5.41, 5.74) is 21.1. The molecule has 0 unspecified atom stereocenters. The molecule has 4 heteroatoms. The van der Waals surface area contributed by atoms with Crippen molar-refractivity contribution in [2.24, 2.45) is 0 Å². The summed E-state index contributed by atoms with van der Waals surface area (Å²) in [6.45, 7) is 42.7. The van der Waals surface area contributed by atoms with Gasteiger partial charge in [-0.2, -0.15) is 0 Å². The molecule has 0 amide bonds. The van der Waals surface area contributed by atoms with Gasteiger partial charge in [0.25, 0.3) is 0 Å². The molecule has 0 radical (unpaired) electrons. The minimum Gasteiger partial charge on any atom is -0.355 e. The van der Waals surface area contributed by atoms with Crippen molar-refractivity contribution in [1.29, 1.82) is 0 Å². The Bertz CT molecular complexity index is 2940. The van der Waals surface area contributed by atoms with Crippen LogP contribution in [0.4, 0.5) is 0 Å². The second kappa shape index (κ2) is 16.0. The van der Waals surface area contributed by atoms with E-state index in [1.807, 2.05) is 0 Å². The maximum atomic E-state index is 5.37. The fourth-order valence-electron chi connectivity index (χ4n) is 10.5. The Hall–Kier alpha value is -5.74. The van der Waals surface area contributed by atoms with Crippen molar-refractivity contribution in [3.8, 4) is 27.9 Å². The van der Waals surface area contributed by atoms with E-state index in [1.165, 1.54) is 61.3 Å². The summed E-state index contributed by atoms with van der Waals surface area (Å²) in [5, 5.41) is 0. The van der Waals surface area contributed by atoms with Crippen LogP contribution in [0.15, 0.2) is 91.0 Å². The molecule has 3 aromatic heterocycles. The van der Waals surface area contributed by atoms with Gasteiger partial charge < -0.3 is 9.55 Å². The van der Waals surface area contributed by atoms with Crippen molar-refractivity contribution in [1.82, 2.24) is 19.5 Å². The topological polar surface area (TPSA) is 46.5 Å². The number of nitrogens with zero attached hydrogens (tertiary/aromatic N) is 3. The van der Waals surface area contributed by atoms with Gasteiger partial charge in [0.1, 0.15) is 0 Å². The third kappa shape index (κ3) is 8.81. The maximum Gasteiger partial charge on any atom is 0.0658 e. The second-order valence-corrected chi connectivity index (χ2v) is 25.0. The molecule has 0 atom stereocenters. The van der Waals surface area contributed by atoms with E-state index in [0.717, 1.165) is 44.8 Å². The molecule has 4 nitrogen and oxygen atoms in total. The van der Waals surface area contributed by atoms with Crippen molar-refractivity contribution in [2.75, 3.05) is 0 Å². The summed E-state index contributed by atoms with van der Waals surface area (Å²) in [5.74, 6) is 0. The quantitative estimate of drug-likeness (QED) is 0.192. The summed E-state index contributed by atoms with van der Waals surface area (Å²) < 4.78 is 2.60. The Labute approximate surface area is 396 Å². The van der Waals surface area contributed by atoms with Crippen LogP contribution in [0.3, 0.4) is 0 Å². The number of nitrogens with one attached hydrogen (secondary N) is 1. The van der Waals surface area contributed by atoms with Gasteiger partial charge in [-0.1, -0.05) is 173 Å². The van der Waals surface area contributed by atoms with E-state index in [-0.39, 0.29) is 32.5 Å². The van der Waals surface area contributed by atoms with Crippen LogP contribution in [-0.2, 0) is 32.5 Å². The monoisotopic (exact) mass is 875 g/mol. The summed E-state index contributed by atoms with van der Waals surface area (Å²) in [6.07, 6.45) is 8.65. The van der Waals surface area contributed by atoms with Gasteiger partial charge in [-0.25, -0.2) is 9.97 Å². The van der Waals surface area contributed by atoms with Crippen LogP contribution in [0.25, 0.3) is 74.3 Å². The van der Waals surface area contributed by atoms with Gasteiger partial charge in [-0.05, 0) is 144 Å². The zero-order valence-corrected chi connectivity index (χ0v) is 43.3. The Balaban J connectivity index is 1.80. The van der Waals surface area contributed by atoms with Crippen molar-refractivity contribution in [2.45, 2.75) is 157 Å². The van der Waals surface area contributed by atoms with Gasteiger partial charge in [-0.3, -0.25) is 0 Å². The van der Waals surface area contributed by atoms with Crippen molar-refractivity contribution < 1.29 is 0 Å². The van der Waals surface area contributed by atoms with Gasteiger partial charge in [-0.15, -0.1) is 0 Å². The first-order valence-electron chi connectivity index (χ1n) is 24.1. The Morgan fingerprint density at radius 2 is 0.697 bits per heavy atom. The highest BCUT2D eigenvalue weighted by Crippen LogP contribution is 2.52. The van der Waals surface area contributed by atoms with Crippen LogP contribution in [-0.4, -0.2) is 19.5 Å². The van der Waals surface area contributed by atoms with Crippen LogP contribution in [0, 0.1) is 0 Å². The number of aromatic nitrogens is 4. The number of benzene rings is 3. The van der Waals surface area contributed by atoms with Gasteiger partial charge in [0.05, 0.1) is 39.5 Å². The molecule has 342 valence electrons. The summed E-state index contributed by atoms with van der Waals surface area (Å²) in [4.78, 5) is 14.3. The fourth-order valence-corrected chi connectivity index (χ4v) is 10.5. The fraction of sp³-hybridized carbons (Fsp3) is 0.387. The molecular formula is C62H74N4. The van der Waals surface area contributed by atoms with E-state index < -0.39 is 0 Å². The normalized spacial score (nSPS) is 13.8. The lowest BCUT2D eigenvalue weighted by Crippen LogP contribution is -2.24. The number of fused-ring (bicyclic) bond motifs is 8. The molecule has 8 rings (SSSR count). The molecule has 0 spiro atoms. The smallest absolute Gasteiger partial charge is 0.0658 e. The van der Waals surface area contributed by atoms with Crippen LogP contribution < -0.4 is 0 Å². The maximum absolute atomic E-state index is 5.37. The zero-order chi connectivity index (χ0) is 48.1. The predicted molar refractivity (Wildman–Crippen MR) is 287 cm³/mol. The number of hydrogen-bond acceptors (Lipinski definition) is 2. The average Bonchev–Trinajstić information content (AvgIpc) is 3.99. The molecule has 0 aliphatic carbocycles. The second-order valence-electron chi connectivity index (χ2n) is 25.0. The number of aromatic amines is 1. The highest BCUT2D eigenvalue weighted by atomic mass is 15.0. The molecule has 66 heavy (non-hydrogen) atoms. The van der Waals surface area contributed by atoms with E-state index in [0.29, 0.717) is 0 Å². The Morgan fingerprint density at radius 3 is 1.05 bits per heavy atom. The molecule has 5 heterocycles. The minimum absolute atomic E-state index is 0.114. The largest absolute Gasteiger partial charge is 0.355 e. The van der Waals surface area contributed by atoms with E-state index in [1.54, 1.807) is 0 Å². The first-order valence-corrected chi connectivity index (χ1v) is 24.1. The van der Waals surface area contributed by atoms with Crippen molar-refractivity contribution in [3.63, 3.8) is 0 Å². The summed E-state index contributed by atoms with van der Waals surface area (Å²) in [6, 6.07) is 34.4. The lowest BCUT2D eigenvalue weighted by Gasteiger charge is -2.34. The first kappa shape index (κ1) is 46.8. The lowest BCUT2D eigenvalue weighted by molar-refractivity contribution is 0.528. The molecule has 0 fully saturated rings. The van der Waals surface area contributed by atoms with Crippen molar-refractivity contribution >= 4 is 46.4 Å². The number of H-pyrrole nitrogens is 1. The molecule has 2 aliphatic heterocycles. The average molecular weight is 875 g/mol. The van der Waals surface area contributed by atoms with Gasteiger partial charge in [0.15, 0.2) is 0 Å². The van der Waals surface area contributed by atoms with Crippen LogP contribution in [0.5, 0.6) is 0 Å². The van der Waals surface area contributed by atoms with Crippen molar-refractivity contribution in [3.05, 3.63) is 147 Å². The molecule has 8 bridgehead atoms. The highest BCUT2D eigenvalue weighted by Gasteiger charge is 2.36. The van der Waals surface area contributed by atoms with E-state index in [2.05, 4.69) is 249 Å². The standard InChI is InChI=1S/C62H74N4/c1-57(2,3)46-24-19-22-44(54(46)60(10,11)12)52-50-36-42-32-30-40(64-42)34-38-28-29-39(63-38)35-41-31-33-43(65-41)37-51(53(52)45-23-20-25-47(58(4,5)6)55(45)61(13,14)15)66(50)49-27-21-26-48(59(7,8)9)56(49)62(16,17)18/h19-37,63H,1-18H3.